The van der Waals surface area contributed by atoms with E-state index in [4.69, 9.17) is 0 Å². The number of rotatable bonds is 0. The van der Waals surface area contributed by atoms with Gasteiger partial charge in [0.25, 0.3) is 0 Å². The van der Waals surface area contributed by atoms with Crippen LogP contribution in [0, 0.1) is 11.8 Å². The van der Waals surface area contributed by atoms with Crippen molar-refractivity contribution in [2.24, 2.45) is 11.8 Å². The van der Waals surface area contributed by atoms with Gasteiger partial charge in [0.15, 0.2) is 0 Å². The molecule has 11 heavy (non-hydrogen) atoms. The molecule has 0 saturated carbocycles. The van der Waals surface area contributed by atoms with E-state index in [1.54, 1.807) is 0 Å². The molecule has 1 aliphatic rings. The number of likely N-dealkylation sites (tertiary alicyclic amines) is 1. The molecule has 1 rings (SSSR count). The Morgan fingerprint density at radius 3 is 2.18 bits per heavy atom. The normalized spacial score (nSPS) is 39.8. The van der Waals surface area contributed by atoms with Gasteiger partial charge in [0.1, 0.15) is 0 Å². The molecular weight excluding hydrogens is 138 g/mol. The summed E-state index contributed by atoms with van der Waals surface area (Å²) in [6, 6.07) is 0.788. The van der Waals surface area contributed by atoms with Crippen LogP contribution in [0.25, 0.3) is 0 Å². The minimum absolute atomic E-state index is 0. The van der Waals surface area contributed by atoms with E-state index in [9.17, 15) is 0 Å². The van der Waals surface area contributed by atoms with E-state index in [1.807, 2.05) is 0 Å². The third-order valence-electron chi connectivity index (χ3n) is 2.89. The summed E-state index contributed by atoms with van der Waals surface area (Å²) in [6.07, 6.45) is 1.41. The van der Waals surface area contributed by atoms with Crippen molar-refractivity contribution in [1.29, 1.82) is 0 Å². The lowest BCUT2D eigenvalue weighted by Gasteiger charge is -2.38. The second kappa shape index (κ2) is 4.07. The molecule has 0 aromatic rings. The van der Waals surface area contributed by atoms with Crippen molar-refractivity contribution in [3.8, 4) is 0 Å². The SMILES string of the molecule is CC1CC(C)C(C)N(C)C1.O. The van der Waals surface area contributed by atoms with Crippen LogP contribution in [0.1, 0.15) is 27.2 Å². The molecular formula is C9H21NO. The van der Waals surface area contributed by atoms with E-state index in [1.165, 1.54) is 13.0 Å². The lowest BCUT2D eigenvalue weighted by Crippen LogP contribution is -2.42. The molecule has 0 spiro atoms. The molecule has 0 aromatic carbocycles. The van der Waals surface area contributed by atoms with E-state index in [2.05, 4.69) is 32.7 Å². The maximum atomic E-state index is 2.47. The highest BCUT2D eigenvalue weighted by Gasteiger charge is 2.25. The molecule has 0 amide bonds. The highest BCUT2D eigenvalue weighted by atomic mass is 16.0. The van der Waals surface area contributed by atoms with Gasteiger partial charge in [-0.05, 0) is 32.2 Å². The minimum Gasteiger partial charge on any atom is -0.412 e. The average Bonchev–Trinajstić information content (AvgIpc) is 1.82. The number of hydrogen-bond donors (Lipinski definition) is 0. The van der Waals surface area contributed by atoms with Crippen LogP contribution in [-0.2, 0) is 0 Å². The van der Waals surface area contributed by atoms with Crippen LogP contribution in [0.5, 0.6) is 0 Å². The highest BCUT2D eigenvalue weighted by Crippen LogP contribution is 2.24. The zero-order chi connectivity index (χ0) is 7.72. The summed E-state index contributed by atoms with van der Waals surface area (Å²) >= 11 is 0. The summed E-state index contributed by atoms with van der Waals surface area (Å²) in [5.74, 6) is 1.78. The maximum absolute atomic E-state index is 2.47. The first-order valence-electron chi connectivity index (χ1n) is 4.31. The third-order valence-corrected chi connectivity index (χ3v) is 2.89. The quantitative estimate of drug-likeness (QED) is 0.522. The Kier molecular flexibility index (Phi) is 4.04. The van der Waals surface area contributed by atoms with Gasteiger partial charge in [0.05, 0.1) is 0 Å². The van der Waals surface area contributed by atoms with Crippen molar-refractivity contribution in [3.63, 3.8) is 0 Å². The Bertz CT molecular complexity index is 104. The Morgan fingerprint density at radius 1 is 1.18 bits per heavy atom. The van der Waals surface area contributed by atoms with Gasteiger partial charge in [0, 0.05) is 12.6 Å². The fourth-order valence-electron chi connectivity index (χ4n) is 2.00. The van der Waals surface area contributed by atoms with Crippen molar-refractivity contribution in [3.05, 3.63) is 0 Å². The molecule has 2 N–H and O–H groups in total. The number of nitrogens with zero attached hydrogens (tertiary/aromatic N) is 1. The van der Waals surface area contributed by atoms with Gasteiger partial charge in [-0.25, -0.2) is 0 Å². The molecule has 1 aliphatic heterocycles. The molecule has 2 nitrogen and oxygen atoms in total. The summed E-state index contributed by atoms with van der Waals surface area (Å²) in [5.41, 5.74) is 0. The van der Waals surface area contributed by atoms with E-state index < -0.39 is 0 Å². The Labute approximate surface area is 69.9 Å². The van der Waals surface area contributed by atoms with Crippen LogP contribution in [0.4, 0.5) is 0 Å². The largest absolute Gasteiger partial charge is 0.412 e. The zero-order valence-electron chi connectivity index (χ0n) is 8.09. The van der Waals surface area contributed by atoms with Gasteiger partial charge in [-0.1, -0.05) is 13.8 Å². The van der Waals surface area contributed by atoms with Crippen molar-refractivity contribution < 1.29 is 5.48 Å². The summed E-state index contributed by atoms with van der Waals surface area (Å²) in [4.78, 5) is 2.47. The fourth-order valence-corrected chi connectivity index (χ4v) is 2.00. The van der Waals surface area contributed by atoms with Gasteiger partial charge in [-0.2, -0.15) is 0 Å². The first-order valence-corrected chi connectivity index (χ1v) is 4.31. The van der Waals surface area contributed by atoms with Gasteiger partial charge < -0.3 is 10.4 Å². The lowest BCUT2D eigenvalue weighted by molar-refractivity contribution is 0.106. The molecule has 3 unspecified atom stereocenters. The molecule has 0 aliphatic carbocycles. The zero-order valence-corrected chi connectivity index (χ0v) is 8.09. The summed E-state index contributed by atoms with van der Waals surface area (Å²) in [7, 11) is 2.23. The predicted molar refractivity (Wildman–Crippen MR) is 48.7 cm³/mol. The van der Waals surface area contributed by atoms with Crippen LogP contribution < -0.4 is 0 Å². The van der Waals surface area contributed by atoms with Crippen LogP contribution in [-0.4, -0.2) is 30.0 Å². The fraction of sp³-hybridized carbons (Fsp3) is 1.00. The minimum atomic E-state index is 0. The van der Waals surface area contributed by atoms with Crippen molar-refractivity contribution >= 4 is 0 Å². The van der Waals surface area contributed by atoms with E-state index >= 15 is 0 Å². The molecule has 1 heterocycles. The van der Waals surface area contributed by atoms with Gasteiger partial charge in [-0.15, -0.1) is 0 Å². The Balaban J connectivity index is 0.000001000. The summed E-state index contributed by atoms with van der Waals surface area (Å²) < 4.78 is 0. The van der Waals surface area contributed by atoms with Crippen LogP contribution in [0.2, 0.25) is 0 Å². The van der Waals surface area contributed by atoms with Crippen LogP contribution in [0.15, 0.2) is 0 Å². The predicted octanol–water partition coefficient (Wildman–Crippen LogP) is 1.16. The maximum Gasteiger partial charge on any atom is 0.00897 e. The molecule has 1 saturated heterocycles. The monoisotopic (exact) mass is 159 g/mol. The van der Waals surface area contributed by atoms with Gasteiger partial charge >= 0.3 is 0 Å². The topological polar surface area (TPSA) is 34.7 Å². The standard InChI is InChI=1S/C9H19N.H2O/c1-7-5-8(2)9(3)10(4)6-7;/h7-9H,5-6H2,1-4H3;1H2. The van der Waals surface area contributed by atoms with Crippen molar-refractivity contribution in [1.82, 2.24) is 4.90 Å². The van der Waals surface area contributed by atoms with Crippen molar-refractivity contribution in [2.45, 2.75) is 33.2 Å². The molecule has 0 aromatic heterocycles. The second-order valence-electron chi connectivity index (χ2n) is 4.00. The second-order valence-corrected chi connectivity index (χ2v) is 4.00. The first kappa shape index (κ1) is 10.9. The average molecular weight is 159 g/mol. The van der Waals surface area contributed by atoms with Gasteiger partial charge in [-0.3, -0.25) is 0 Å². The lowest BCUT2D eigenvalue weighted by atomic mass is 9.86. The molecule has 0 bridgehead atoms. The molecule has 1 fully saturated rings. The molecule has 2 heteroatoms. The Morgan fingerprint density at radius 2 is 1.73 bits per heavy atom. The van der Waals surface area contributed by atoms with E-state index in [-0.39, 0.29) is 5.48 Å². The highest BCUT2D eigenvalue weighted by molar-refractivity contribution is 4.79. The third kappa shape index (κ3) is 2.46. The molecule has 0 radical (unpaired) electrons. The van der Waals surface area contributed by atoms with E-state index in [0.29, 0.717) is 0 Å². The number of piperidine rings is 1. The number of hydrogen-bond acceptors (Lipinski definition) is 1. The van der Waals surface area contributed by atoms with Crippen LogP contribution >= 0.6 is 0 Å². The van der Waals surface area contributed by atoms with Crippen molar-refractivity contribution in [2.75, 3.05) is 13.6 Å². The first-order chi connectivity index (χ1) is 4.61. The molecule has 3 atom stereocenters. The summed E-state index contributed by atoms with van der Waals surface area (Å²) in [6.45, 7) is 8.32. The van der Waals surface area contributed by atoms with E-state index in [0.717, 1.165) is 17.9 Å². The Hall–Kier alpha value is -0.0800. The smallest absolute Gasteiger partial charge is 0.00897 e. The summed E-state index contributed by atoms with van der Waals surface area (Å²) in [5, 5.41) is 0. The molecule has 68 valence electrons. The van der Waals surface area contributed by atoms with Gasteiger partial charge in [0.2, 0.25) is 0 Å². The van der Waals surface area contributed by atoms with Crippen LogP contribution in [0.3, 0.4) is 0 Å².